The summed E-state index contributed by atoms with van der Waals surface area (Å²) in [6, 6.07) is 5.34. The Hall–Kier alpha value is -0.890. The number of nitrogens with one attached hydrogen (secondary N) is 1. The fraction of sp³-hybridized carbons (Fsp3) is 0.333. The average Bonchev–Trinajstić information content (AvgIpc) is 2.95. The van der Waals surface area contributed by atoms with Gasteiger partial charge in [-0.25, -0.2) is 4.98 Å². The Morgan fingerprint density at radius 3 is 2.88 bits per heavy atom. The third-order valence-corrected chi connectivity index (χ3v) is 4.70. The number of rotatable bonds is 7. The number of halogens is 3. The minimum absolute atomic E-state index is 0. The molecule has 0 aliphatic rings. The average molecular weight is 411 g/mol. The first-order valence-electron chi connectivity index (χ1n) is 6.93. The highest BCUT2D eigenvalue weighted by atomic mass is 35.5. The fourth-order valence-electron chi connectivity index (χ4n) is 1.95. The Balaban J connectivity index is 0.00000288. The quantitative estimate of drug-likeness (QED) is 0.728. The van der Waals surface area contributed by atoms with Crippen molar-refractivity contribution in [2.75, 3.05) is 19.0 Å². The lowest BCUT2D eigenvalue weighted by Crippen LogP contribution is -2.28. The molecule has 132 valence electrons. The summed E-state index contributed by atoms with van der Waals surface area (Å²) in [5.74, 6) is -0.177. The molecule has 2 rings (SSSR count). The first-order valence-corrected chi connectivity index (χ1v) is 8.50. The molecule has 1 unspecified atom stereocenters. The maximum absolute atomic E-state index is 11.9. The number of hydrogen-bond donors (Lipinski definition) is 2. The molecule has 1 aromatic heterocycles. The van der Waals surface area contributed by atoms with Crippen LogP contribution in [-0.4, -0.2) is 30.6 Å². The van der Waals surface area contributed by atoms with E-state index in [9.17, 15) is 4.79 Å². The smallest absolute Gasteiger partial charge is 0.228 e. The molecule has 0 bridgehead atoms. The highest BCUT2D eigenvalue weighted by Gasteiger charge is 2.13. The van der Waals surface area contributed by atoms with Gasteiger partial charge in [-0.3, -0.25) is 4.79 Å². The number of carbonyl (C=O) groups excluding carboxylic acids is 1. The number of benzene rings is 1. The summed E-state index contributed by atoms with van der Waals surface area (Å²) in [5, 5.41) is 4.57. The summed E-state index contributed by atoms with van der Waals surface area (Å²) in [7, 11) is 1.53. The molecule has 0 fully saturated rings. The number of aromatic nitrogens is 1. The molecule has 0 saturated carbocycles. The van der Waals surface area contributed by atoms with Crippen molar-refractivity contribution in [3.8, 4) is 0 Å². The Bertz CT molecular complexity index is 678. The van der Waals surface area contributed by atoms with Crippen LogP contribution in [0.2, 0.25) is 10.0 Å². The Kier molecular flexibility index (Phi) is 8.97. The number of nitrogens with two attached hydrogens (primary N) is 1. The maximum Gasteiger partial charge on any atom is 0.228 e. The van der Waals surface area contributed by atoms with Gasteiger partial charge in [0.05, 0.1) is 12.5 Å². The van der Waals surface area contributed by atoms with Gasteiger partial charge in [-0.15, -0.1) is 23.7 Å². The molecule has 0 aliphatic carbocycles. The summed E-state index contributed by atoms with van der Waals surface area (Å²) in [6.45, 7) is 0.292. The highest BCUT2D eigenvalue weighted by Crippen LogP contribution is 2.27. The number of hydrogen-bond acceptors (Lipinski definition) is 5. The first-order chi connectivity index (χ1) is 11.0. The van der Waals surface area contributed by atoms with Crippen LogP contribution in [0.5, 0.6) is 0 Å². The number of methoxy groups -OCH3 is 1. The largest absolute Gasteiger partial charge is 0.380 e. The van der Waals surface area contributed by atoms with E-state index in [0.717, 1.165) is 10.4 Å². The van der Waals surface area contributed by atoms with Gasteiger partial charge in [0.25, 0.3) is 0 Å². The van der Waals surface area contributed by atoms with Crippen molar-refractivity contribution in [2.45, 2.75) is 18.9 Å². The number of thiazole rings is 1. The molecule has 0 saturated heterocycles. The van der Waals surface area contributed by atoms with E-state index in [2.05, 4.69) is 10.3 Å². The molecule has 1 heterocycles. The molecule has 1 aromatic carbocycles. The zero-order chi connectivity index (χ0) is 16.8. The molecule has 1 atom stereocenters. The second kappa shape index (κ2) is 10.2. The Morgan fingerprint density at radius 2 is 2.21 bits per heavy atom. The highest BCUT2D eigenvalue weighted by molar-refractivity contribution is 7.15. The topological polar surface area (TPSA) is 77.2 Å². The molecule has 1 amide bonds. The van der Waals surface area contributed by atoms with Crippen molar-refractivity contribution in [1.29, 1.82) is 0 Å². The van der Waals surface area contributed by atoms with Gasteiger partial charge in [0, 0.05) is 41.2 Å². The summed E-state index contributed by atoms with van der Waals surface area (Å²) in [4.78, 5) is 17.1. The van der Waals surface area contributed by atoms with Gasteiger partial charge in [0.2, 0.25) is 5.91 Å². The molecule has 0 spiro atoms. The second-order valence-corrected chi connectivity index (χ2v) is 6.85. The van der Waals surface area contributed by atoms with Crippen molar-refractivity contribution in [2.24, 2.45) is 5.73 Å². The van der Waals surface area contributed by atoms with Crippen LogP contribution in [0.1, 0.15) is 16.9 Å². The van der Waals surface area contributed by atoms with Crippen molar-refractivity contribution in [1.82, 2.24) is 4.98 Å². The lowest BCUT2D eigenvalue weighted by molar-refractivity contribution is -0.118. The second-order valence-electron chi connectivity index (χ2n) is 4.89. The van der Waals surface area contributed by atoms with Crippen LogP contribution >= 0.6 is 46.9 Å². The minimum atomic E-state index is -0.292. The van der Waals surface area contributed by atoms with E-state index < -0.39 is 0 Å². The standard InChI is InChI=1S/C15H17Cl2N3O2S.ClH/c1-22-11(7-18)6-14(21)20-15-19-8-12(23-15)5-9-4-10(16)2-3-13(9)17;/h2-4,8,11H,5-7,18H2,1H3,(H,19,20,21);1H. The zero-order valence-electron chi connectivity index (χ0n) is 12.9. The third-order valence-electron chi connectivity index (χ3n) is 3.18. The van der Waals surface area contributed by atoms with Gasteiger partial charge in [0.1, 0.15) is 0 Å². The van der Waals surface area contributed by atoms with E-state index in [0.29, 0.717) is 28.1 Å². The summed E-state index contributed by atoms with van der Waals surface area (Å²) in [5.41, 5.74) is 6.42. The van der Waals surface area contributed by atoms with Crippen LogP contribution in [0.25, 0.3) is 0 Å². The predicted octanol–water partition coefficient (Wildman–Crippen LogP) is 3.76. The van der Waals surface area contributed by atoms with Gasteiger partial charge in [-0.1, -0.05) is 23.2 Å². The van der Waals surface area contributed by atoms with Gasteiger partial charge < -0.3 is 15.8 Å². The number of anilines is 1. The third kappa shape index (κ3) is 6.20. The number of ether oxygens (including phenoxy) is 1. The van der Waals surface area contributed by atoms with E-state index in [-0.39, 0.29) is 30.8 Å². The van der Waals surface area contributed by atoms with E-state index in [1.165, 1.54) is 18.4 Å². The van der Waals surface area contributed by atoms with E-state index in [4.69, 9.17) is 33.7 Å². The lowest BCUT2D eigenvalue weighted by Gasteiger charge is -2.11. The predicted molar refractivity (Wildman–Crippen MR) is 102 cm³/mol. The van der Waals surface area contributed by atoms with Crippen molar-refractivity contribution in [3.05, 3.63) is 44.9 Å². The summed E-state index contributed by atoms with van der Waals surface area (Å²) < 4.78 is 5.09. The van der Waals surface area contributed by atoms with Gasteiger partial charge in [0.15, 0.2) is 5.13 Å². The van der Waals surface area contributed by atoms with Crippen LogP contribution in [0.3, 0.4) is 0 Å². The van der Waals surface area contributed by atoms with Gasteiger partial charge in [-0.05, 0) is 23.8 Å². The normalized spacial score (nSPS) is 11.7. The molecule has 0 aliphatic heterocycles. The van der Waals surface area contributed by atoms with Crippen LogP contribution < -0.4 is 11.1 Å². The molecule has 2 aromatic rings. The van der Waals surface area contributed by atoms with Crippen LogP contribution in [0.15, 0.2) is 24.4 Å². The molecular weight excluding hydrogens is 393 g/mol. The maximum atomic E-state index is 11.9. The summed E-state index contributed by atoms with van der Waals surface area (Å²) in [6.07, 6.45) is 2.23. The molecular formula is C15H18Cl3N3O2S. The lowest BCUT2D eigenvalue weighted by atomic mass is 10.1. The van der Waals surface area contributed by atoms with Crippen molar-refractivity contribution in [3.63, 3.8) is 0 Å². The zero-order valence-corrected chi connectivity index (χ0v) is 16.1. The molecule has 3 N–H and O–H groups in total. The van der Waals surface area contributed by atoms with Crippen LogP contribution in [0.4, 0.5) is 5.13 Å². The Labute approximate surface area is 160 Å². The minimum Gasteiger partial charge on any atom is -0.380 e. The van der Waals surface area contributed by atoms with Gasteiger partial charge >= 0.3 is 0 Å². The van der Waals surface area contributed by atoms with E-state index >= 15 is 0 Å². The monoisotopic (exact) mass is 409 g/mol. The summed E-state index contributed by atoms with van der Waals surface area (Å²) >= 11 is 13.5. The fourth-order valence-corrected chi connectivity index (χ4v) is 3.18. The van der Waals surface area contributed by atoms with E-state index in [1.54, 1.807) is 18.3 Å². The Morgan fingerprint density at radius 1 is 1.46 bits per heavy atom. The van der Waals surface area contributed by atoms with Crippen LogP contribution in [-0.2, 0) is 16.0 Å². The number of carbonyl (C=O) groups is 1. The van der Waals surface area contributed by atoms with Crippen molar-refractivity contribution >= 4 is 58.0 Å². The SMILES string of the molecule is COC(CN)CC(=O)Nc1ncc(Cc2cc(Cl)ccc2Cl)s1.Cl. The van der Waals surface area contributed by atoms with Crippen LogP contribution in [0, 0.1) is 0 Å². The van der Waals surface area contributed by atoms with Crippen molar-refractivity contribution < 1.29 is 9.53 Å². The molecule has 9 heteroatoms. The number of amides is 1. The molecule has 0 radical (unpaired) electrons. The van der Waals surface area contributed by atoms with Gasteiger partial charge in [-0.2, -0.15) is 0 Å². The number of nitrogens with zero attached hydrogens (tertiary/aromatic N) is 1. The molecule has 24 heavy (non-hydrogen) atoms. The van der Waals surface area contributed by atoms with E-state index in [1.807, 2.05) is 6.07 Å². The molecule has 5 nitrogen and oxygen atoms in total. The first kappa shape index (κ1) is 21.2.